The number of likely N-dealkylation sites (N-methyl/N-ethyl adjacent to an activating group) is 1. The Morgan fingerprint density at radius 1 is 1.52 bits per heavy atom. The van der Waals surface area contributed by atoms with Crippen molar-refractivity contribution >= 4 is 29.1 Å². The predicted molar refractivity (Wildman–Crippen MR) is 82.7 cm³/mol. The summed E-state index contributed by atoms with van der Waals surface area (Å²) >= 11 is 1.46. The van der Waals surface area contributed by atoms with E-state index in [0.717, 1.165) is 9.88 Å². The molecule has 1 atom stereocenters. The van der Waals surface area contributed by atoms with Gasteiger partial charge in [-0.25, -0.2) is 10.5 Å². The third-order valence-electron chi connectivity index (χ3n) is 4.12. The first-order valence-corrected chi connectivity index (χ1v) is 8.06. The van der Waals surface area contributed by atoms with Crippen molar-refractivity contribution < 1.29 is 19.6 Å². The molecule has 1 fully saturated rings. The zero-order chi connectivity index (χ0) is 17.2. The van der Waals surface area contributed by atoms with E-state index in [1.165, 1.54) is 23.3 Å². The summed E-state index contributed by atoms with van der Waals surface area (Å²) in [6, 6.07) is -0.952. The fourth-order valence-electron chi connectivity index (χ4n) is 2.61. The van der Waals surface area contributed by atoms with E-state index in [1.54, 1.807) is 11.7 Å². The van der Waals surface area contributed by atoms with E-state index in [9.17, 15) is 14.4 Å². The lowest BCUT2D eigenvalue weighted by molar-refractivity contribution is -0.145. The molecular weight excluding hydrogens is 320 g/mol. The molecule has 0 aromatic carbocycles. The van der Waals surface area contributed by atoms with E-state index in [1.807, 2.05) is 6.92 Å². The van der Waals surface area contributed by atoms with Crippen LogP contribution in [-0.2, 0) is 19.8 Å². The van der Waals surface area contributed by atoms with Gasteiger partial charge in [-0.1, -0.05) is 0 Å². The van der Waals surface area contributed by atoms with Crippen molar-refractivity contribution in [2.75, 3.05) is 7.05 Å². The minimum atomic E-state index is -0.952. The number of aryl methyl sites for hydroxylation is 1. The van der Waals surface area contributed by atoms with Gasteiger partial charge in [0.2, 0.25) is 11.8 Å². The minimum absolute atomic E-state index is 0.0532. The second kappa shape index (κ2) is 6.63. The topological polar surface area (TPSA) is 126 Å². The summed E-state index contributed by atoms with van der Waals surface area (Å²) in [4.78, 5) is 42.0. The van der Waals surface area contributed by atoms with Gasteiger partial charge in [-0.2, -0.15) is 0 Å². The molecule has 0 radical (unpaired) electrons. The number of aromatic nitrogens is 1. The van der Waals surface area contributed by atoms with Crippen molar-refractivity contribution in [3.63, 3.8) is 0 Å². The van der Waals surface area contributed by atoms with Crippen LogP contribution in [0.1, 0.15) is 35.6 Å². The van der Waals surface area contributed by atoms with Gasteiger partial charge >= 0.3 is 0 Å². The molecule has 0 spiro atoms. The minimum Gasteiger partial charge on any atom is -0.370 e. The van der Waals surface area contributed by atoms with Crippen LogP contribution in [-0.4, -0.2) is 45.9 Å². The number of rotatable bonds is 7. The van der Waals surface area contributed by atoms with Gasteiger partial charge < -0.3 is 10.6 Å². The Kier molecular flexibility index (Phi) is 5.00. The highest BCUT2D eigenvalue weighted by Gasteiger charge is 2.55. The van der Waals surface area contributed by atoms with Gasteiger partial charge in [0.25, 0.3) is 5.91 Å². The molecule has 0 saturated heterocycles. The molecule has 1 aromatic rings. The van der Waals surface area contributed by atoms with Crippen molar-refractivity contribution in [3.05, 3.63) is 16.1 Å². The van der Waals surface area contributed by atoms with Gasteiger partial charge in [0.05, 0.1) is 10.4 Å². The van der Waals surface area contributed by atoms with Crippen LogP contribution in [0.3, 0.4) is 0 Å². The summed E-state index contributed by atoms with van der Waals surface area (Å²) in [7, 11) is 1.50. The van der Waals surface area contributed by atoms with E-state index < -0.39 is 23.3 Å². The Morgan fingerprint density at radius 2 is 2.17 bits per heavy atom. The zero-order valence-electron chi connectivity index (χ0n) is 13.0. The molecule has 126 valence electrons. The summed E-state index contributed by atoms with van der Waals surface area (Å²) < 4.78 is 0. The maximum absolute atomic E-state index is 12.9. The second-order valence-corrected chi connectivity index (χ2v) is 6.97. The van der Waals surface area contributed by atoms with Crippen molar-refractivity contribution in [1.29, 1.82) is 0 Å². The third kappa shape index (κ3) is 3.50. The quantitative estimate of drug-likeness (QED) is 0.479. The Morgan fingerprint density at radius 3 is 2.61 bits per heavy atom. The van der Waals surface area contributed by atoms with Crippen LogP contribution in [0.4, 0.5) is 0 Å². The molecule has 1 aliphatic rings. The summed E-state index contributed by atoms with van der Waals surface area (Å²) in [6.07, 6.45) is 3.09. The van der Waals surface area contributed by atoms with E-state index in [-0.39, 0.29) is 18.7 Å². The normalized spacial score (nSPS) is 16.5. The van der Waals surface area contributed by atoms with E-state index >= 15 is 0 Å². The summed E-state index contributed by atoms with van der Waals surface area (Å²) in [6.45, 7) is 1.87. The van der Waals surface area contributed by atoms with Crippen LogP contribution in [0, 0.1) is 6.92 Å². The number of hydroxylamine groups is 1. The first-order valence-electron chi connectivity index (χ1n) is 7.24. The van der Waals surface area contributed by atoms with Gasteiger partial charge in [0, 0.05) is 24.5 Å². The molecule has 4 N–H and O–H groups in total. The van der Waals surface area contributed by atoms with Gasteiger partial charge in [-0.05, 0) is 26.2 Å². The number of thiazole rings is 1. The standard InChI is InChI=1S/C14H20N4O4S/c1-8-16-7-10(23-8)14(5-6-14)13(21)18(2)9(12(20)17-22)3-4-11(15)19/h7,9,22H,3-6H2,1-2H3,(H2,15,19)(H,17,20)/t9-/m1/s1. The largest absolute Gasteiger partial charge is 0.370 e. The van der Waals surface area contributed by atoms with Crippen LogP contribution in [0.25, 0.3) is 0 Å². The second-order valence-electron chi connectivity index (χ2n) is 5.74. The Balaban J connectivity index is 2.18. The smallest absolute Gasteiger partial charge is 0.266 e. The molecule has 0 unspecified atom stereocenters. The van der Waals surface area contributed by atoms with Crippen LogP contribution in [0.5, 0.6) is 0 Å². The number of nitrogens with two attached hydrogens (primary N) is 1. The number of carbonyl (C=O) groups excluding carboxylic acids is 3. The van der Waals surface area contributed by atoms with E-state index in [4.69, 9.17) is 10.9 Å². The maximum atomic E-state index is 12.9. The van der Waals surface area contributed by atoms with Crippen molar-refractivity contribution in [2.45, 2.75) is 44.1 Å². The van der Waals surface area contributed by atoms with Crippen molar-refractivity contribution in [3.8, 4) is 0 Å². The molecule has 3 amide bonds. The van der Waals surface area contributed by atoms with Crippen LogP contribution < -0.4 is 11.2 Å². The molecule has 8 nitrogen and oxygen atoms in total. The number of carbonyl (C=O) groups is 3. The molecule has 0 aliphatic heterocycles. The average Bonchev–Trinajstić information content (AvgIpc) is 3.21. The lowest BCUT2D eigenvalue weighted by atomic mass is 10.0. The number of hydrogen-bond donors (Lipinski definition) is 3. The number of nitrogens with one attached hydrogen (secondary N) is 1. The first kappa shape index (κ1) is 17.4. The SMILES string of the molecule is Cc1ncc(C2(C(=O)N(C)[C@H](CCC(N)=O)C(=O)NO)CC2)s1. The van der Waals surface area contributed by atoms with Crippen molar-refractivity contribution in [1.82, 2.24) is 15.4 Å². The number of nitrogens with zero attached hydrogens (tertiary/aromatic N) is 2. The van der Waals surface area contributed by atoms with Crippen LogP contribution >= 0.6 is 11.3 Å². The molecule has 1 saturated carbocycles. The fourth-order valence-corrected chi connectivity index (χ4v) is 3.62. The van der Waals surface area contributed by atoms with Crippen LogP contribution in [0.2, 0.25) is 0 Å². The number of amides is 3. The molecule has 9 heteroatoms. The van der Waals surface area contributed by atoms with Gasteiger partial charge in [-0.15, -0.1) is 11.3 Å². The molecule has 2 rings (SSSR count). The predicted octanol–water partition coefficient (Wildman–Crippen LogP) is 0.0810. The van der Waals surface area contributed by atoms with Gasteiger partial charge in [0.1, 0.15) is 6.04 Å². The number of primary amides is 1. The van der Waals surface area contributed by atoms with Crippen LogP contribution in [0.15, 0.2) is 6.20 Å². The zero-order valence-corrected chi connectivity index (χ0v) is 13.9. The Bertz CT molecular complexity index is 626. The summed E-state index contributed by atoms with van der Waals surface area (Å²) in [5.74, 6) is -1.52. The average molecular weight is 340 g/mol. The molecular formula is C14H20N4O4S. The van der Waals surface area contributed by atoms with E-state index in [0.29, 0.717) is 12.8 Å². The van der Waals surface area contributed by atoms with E-state index in [2.05, 4.69) is 4.98 Å². The Labute approximate surface area is 137 Å². The molecule has 1 aliphatic carbocycles. The molecule has 1 aromatic heterocycles. The van der Waals surface area contributed by atoms with Crippen molar-refractivity contribution in [2.24, 2.45) is 5.73 Å². The highest BCUT2D eigenvalue weighted by atomic mass is 32.1. The highest BCUT2D eigenvalue weighted by molar-refractivity contribution is 7.11. The first-order chi connectivity index (χ1) is 10.8. The lowest BCUT2D eigenvalue weighted by Crippen LogP contribution is -2.50. The maximum Gasteiger partial charge on any atom is 0.266 e. The number of hydrogen-bond acceptors (Lipinski definition) is 6. The summed E-state index contributed by atoms with van der Waals surface area (Å²) in [5.41, 5.74) is 6.02. The van der Waals surface area contributed by atoms with Gasteiger partial charge in [-0.3, -0.25) is 19.6 Å². The lowest BCUT2D eigenvalue weighted by Gasteiger charge is -2.29. The monoisotopic (exact) mass is 340 g/mol. The third-order valence-corrected chi connectivity index (χ3v) is 5.23. The highest BCUT2D eigenvalue weighted by Crippen LogP contribution is 2.51. The van der Waals surface area contributed by atoms with Gasteiger partial charge in [0.15, 0.2) is 0 Å². The fraction of sp³-hybridized carbons (Fsp3) is 0.571. The molecule has 0 bridgehead atoms. The molecule has 1 heterocycles. The molecule has 23 heavy (non-hydrogen) atoms. The summed E-state index contributed by atoms with van der Waals surface area (Å²) in [5, 5.41) is 9.75. The Hall–Kier alpha value is -2.00.